The van der Waals surface area contributed by atoms with Crippen molar-refractivity contribution in [2.24, 2.45) is 0 Å². The Bertz CT molecular complexity index is 973. The van der Waals surface area contributed by atoms with Gasteiger partial charge in [-0.15, -0.1) is 0 Å². The van der Waals surface area contributed by atoms with Gasteiger partial charge in [0, 0.05) is 34.3 Å². The van der Waals surface area contributed by atoms with Crippen molar-refractivity contribution in [2.75, 3.05) is 10.2 Å². The maximum absolute atomic E-state index is 13.1. The molecule has 1 aliphatic rings. The SMILES string of the molecule is CC1Cc2ccccc2N1C(=O)c1cc(Nc2cccc(Cl)c2)ccn1. The van der Waals surface area contributed by atoms with Gasteiger partial charge >= 0.3 is 0 Å². The Morgan fingerprint density at radius 3 is 2.77 bits per heavy atom. The first-order chi connectivity index (χ1) is 12.6. The van der Waals surface area contributed by atoms with Crippen molar-refractivity contribution in [3.05, 3.63) is 83.1 Å². The summed E-state index contributed by atoms with van der Waals surface area (Å²) in [4.78, 5) is 19.2. The third-order valence-corrected chi connectivity index (χ3v) is 4.75. The van der Waals surface area contributed by atoms with Gasteiger partial charge < -0.3 is 10.2 Å². The summed E-state index contributed by atoms with van der Waals surface area (Å²) in [5.41, 5.74) is 4.25. The van der Waals surface area contributed by atoms with E-state index in [0.29, 0.717) is 10.7 Å². The summed E-state index contributed by atoms with van der Waals surface area (Å²) < 4.78 is 0. The fourth-order valence-corrected chi connectivity index (χ4v) is 3.55. The Balaban J connectivity index is 1.61. The van der Waals surface area contributed by atoms with Gasteiger partial charge in [0.15, 0.2) is 0 Å². The lowest BCUT2D eigenvalue weighted by atomic mass is 10.1. The van der Waals surface area contributed by atoms with E-state index in [4.69, 9.17) is 11.6 Å². The number of para-hydroxylation sites is 1. The average molecular weight is 364 g/mol. The number of benzene rings is 2. The predicted octanol–water partition coefficient (Wildman–Crippen LogP) is 5.07. The number of fused-ring (bicyclic) bond motifs is 1. The molecule has 130 valence electrons. The third kappa shape index (κ3) is 3.16. The van der Waals surface area contributed by atoms with Crippen molar-refractivity contribution in [1.82, 2.24) is 4.98 Å². The normalized spacial score (nSPS) is 15.6. The number of nitrogens with one attached hydrogen (secondary N) is 1. The van der Waals surface area contributed by atoms with E-state index in [-0.39, 0.29) is 11.9 Å². The van der Waals surface area contributed by atoms with E-state index in [9.17, 15) is 4.79 Å². The highest BCUT2D eigenvalue weighted by Gasteiger charge is 2.31. The molecule has 1 unspecified atom stereocenters. The van der Waals surface area contributed by atoms with Crippen LogP contribution in [0.25, 0.3) is 0 Å². The zero-order valence-electron chi connectivity index (χ0n) is 14.3. The standard InChI is InChI=1S/C21H18ClN3O/c1-14-11-15-5-2-3-8-20(15)25(14)21(26)19-13-18(9-10-23-19)24-17-7-4-6-16(22)12-17/h2-10,12-14H,11H2,1H3,(H,23,24). The molecule has 0 spiro atoms. The molecule has 0 aliphatic carbocycles. The fraction of sp³-hybridized carbons (Fsp3) is 0.143. The molecule has 1 aliphatic heterocycles. The molecule has 0 fully saturated rings. The number of carbonyl (C=O) groups excluding carboxylic acids is 1. The summed E-state index contributed by atoms with van der Waals surface area (Å²) in [6.07, 6.45) is 2.51. The van der Waals surface area contributed by atoms with Gasteiger partial charge in [-0.3, -0.25) is 9.78 Å². The van der Waals surface area contributed by atoms with Crippen molar-refractivity contribution in [3.63, 3.8) is 0 Å². The Morgan fingerprint density at radius 2 is 1.92 bits per heavy atom. The molecule has 4 nitrogen and oxygen atoms in total. The van der Waals surface area contributed by atoms with Crippen molar-refractivity contribution >= 4 is 34.6 Å². The molecule has 3 aromatic rings. The maximum atomic E-state index is 13.1. The van der Waals surface area contributed by atoms with E-state index < -0.39 is 0 Å². The minimum atomic E-state index is -0.0859. The first-order valence-electron chi connectivity index (χ1n) is 8.52. The highest BCUT2D eigenvalue weighted by molar-refractivity contribution is 6.30. The third-order valence-electron chi connectivity index (χ3n) is 4.52. The minimum Gasteiger partial charge on any atom is -0.355 e. The quantitative estimate of drug-likeness (QED) is 0.706. The van der Waals surface area contributed by atoms with Crippen LogP contribution in [0.1, 0.15) is 23.0 Å². The summed E-state index contributed by atoms with van der Waals surface area (Å²) in [6.45, 7) is 2.06. The first kappa shape index (κ1) is 16.6. The molecule has 0 radical (unpaired) electrons. The van der Waals surface area contributed by atoms with Crippen LogP contribution in [-0.2, 0) is 6.42 Å². The van der Waals surface area contributed by atoms with Gasteiger partial charge in [0.1, 0.15) is 5.69 Å². The molecule has 1 aromatic heterocycles. The van der Waals surface area contributed by atoms with Crippen LogP contribution in [0.5, 0.6) is 0 Å². The van der Waals surface area contributed by atoms with E-state index in [1.54, 1.807) is 12.3 Å². The molecule has 0 saturated heterocycles. The molecule has 0 saturated carbocycles. The molecule has 5 heteroatoms. The Morgan fingerprint density at radius 1 is 1.12 bits per heavy atom. The minimum absolute atomic E-state index is 0.0859. The molecular formula is C21H18ClN3O. The van der Waals surface area contributed by atoms with Gasteiger partial charge in [-0.05, 0) is 55.3 Å². The first-order valence-corrected chi connectivity index (χ1v) is 8.90. The van der Waals surface area contributed by atoms with E-state index in [1.807, 2.05) is 53.4 Å². The van der Waals surface area contributed by atoms with Crippen LogP contribution < -0.4 is 10.2 Å². The summed E-state index contributed by atoms with van der Waals surface area (Å²) in [5, 5.41) is 3.92. The van der Waals surface area contributed by atoms with Crippen molar-refractivity contribution in [1.29, 1.82) is 0 Å². The Kier molecular flexibility index (Phi) is 4.35. The number of halogens is 1. The number of hydrogen-bond donors (Lipinski definition) is 1. The van der Waals surface area contributed by atoms with E-state index >= 15 is 0 Å². The van der Waals surface area contributed by atoms with Crippen LogP contribution in [0.2, 0.25) is 5.02 Å². The highest BCUT2D eigenvalue weighted by Crippen LogP contribution is 2.33. The van der Waals surface area contributed by atoms with Crippen LogP contribution in [0, 0.1) is 0 Å². The van der Waals surface area contributed by atoms with Gasteiger partial charge in [-0.25, -0.2) is 0 Å². The molecule has 0 bridgehead atoms. The van der Waals surface area contributed by atoms with Gasteiger partial charge in [0.25, 0.3) is 5.91 Å². The average Bonchev–Trinajstić information content (AvgIpc) is 2.97. The number of carbonyl (C=O) groups is 1. The molecule has 2 aromatic carbocycles. The summed E-state index contributed by atoms with van der Waals surface area (Å²) >= 11 is 6.03. The molecule has 26 heavy (non-hydrogen) atoms. The summed E-state index contributed by atoms with van der Waals surface area (Å²) in [7, 11) is 0. The number of amides is 1. The van der Waals surface area contributed by atoms with E-state index in [1.165, 1.54) is 5.56 Å². The van der Waals surface area contributed by atoms with Crippen LogP contribution in [0.4, 0.5) is 17.1 Å². The topological polar surface area (TPSA) is 45.2 Å². The number of hydrogen-bond acceptors (Lipinski definition) is 3. The van der Waals surface area contributed by atoms with Crippen LogP contribution in [-0.4, -0.2) is 16.9 Å². The molecule has 1 atom stereocenters. The lowest BCUT2D eigenvalue weighted by Gasteiger charge is -2.22. The number of aromatic nitrogens is 1. The molecule has 2 heterocycles. The zero-order valence-corrected chi connectivity index (χ0v) is 15.1. The summed E-state index contributed by atoms with van der Waals surface area (Å²) in [5.74, 6) is -0.0859. The van der Waals surface area contributed by atoms with Gasteiger partial charge in [-0.1, -0.05) is 35.9 Å². The lowest BCUT2D eigenvalue weighted by Crippen LogP contribution is -2.36. The second-order valence-electron chi connectivity index (χ2n) is 6.42. The van der Waals surface area contributed by atoms with Crippen LogP contribution in [0.15, 0.2) is 66.9 Å². The Labute approximate surface area is 157 Å². The predicted molar refractivity (Wildman–Crippen MR) is 105 cm³/mol. The van der Waals surface area contributed by atoms with E-state index in [0.717, 1.165) is 23.5 Å². The monoisotopic (exact) mass is 363 g/mol. The second kappa shape index (κ2) is 6.81. The number of nitrogens with zero attached hydrogens (tertiary/aromatic N) is 2. The van der Waals surface area contributed by atoms with Crippen molar-refractivity contribution in [2.45, 2.75) is 19.4 Å². The van der Waals surface area contributed by atoms with E-state index in [2.05, 4.69) is 23.3 Å². The lowest BCUT2D eigenvalue weighted by molar-refractivity contribution is 0.0976. The zero-order chi connectivity index (χ0) is 18.1. The number of anilines is 3. The Hall–Kier alpha value is -2.85. The van der Waals surface area contributed by atoms with Crippen LogP contribution >= 0.6 is 11.6 Å². The van der Waals surface area contributed by atoms with Crippen molar-refractivity contribution < 1.29 is 4.79 Å². The second-order valence-corrected chi connectivity index (χ2v) is 6.86. The number of pyridine rings is 1. The number of rotatable bonds is 3. The van der Waals surface area contributed by atoms with Crippen molar-refractivity contribution in [3.8, 4) is 0 Å². The fourth-order valence-electron chi connectivity index (χ4n) is 3.36. The van der Waals surface area contributed by atoms with Gasteiger partial charge in [0.2, 0.25) is 0 Å². The molecule has 1 N–H and O–H groups in total. The maximum Gasteiger partial charge on any atom is 0.277 e. The van der Waals surface area contributed by atoms with Crippen LogP contribution in [0.3, 0.4) is 0 Å². The molecule has 4 rings (SSSR count). The summed E-state index contributed by atoms with van der Waals surface area (Å²) in [6, 6.07) is 19.2. The van der Waals surface area contributed by atoms with Gasteiger partial charge in [0.05, 0.1) is 0 Å². The smallest absolute Gasteiger partial charge is 0.277 e. The molecule has 1 amide bonds. The highest BCUT2D eigenvalue weighted by atomic mass is 35.5. The van der Waals surface area contributed by atoms with Gasteiger partial charge in [-0.2, -0.15) is 0 Å². The largest absolute Gasteiger partial charge is 0.355 e. The molecular weight excluding hydrogens is 346 g/mol.